The summed E-state index contributed by atoms with van der Waals surface area (Å²) in [5, 5.41) is 2.68. The minimum Gasteiger partial charge on any atom is -0.489 e. The van der Waals surface area contributed by atoms with Gasteiger partial charge in [0.05, 0.1) is 6.54 Å². The summed E-state index contributed by atoms with van der Waals surface area (Å²) in [4.78, 5) is 13.7. The van der Waals surface area contributed by atoms with Gasteiger partial charge in [0.25, 0.3) is 0 Å². The first-order chi connectivity index (χ1) is 11.0. The minimum atomic E-state index is -0.880. The number of nitrogens with zero attached hydrogens (tertiary/aromatic N) is 1. The van der Waals surface area contributed by atoms with E-state index in [-0.39, 0.29) is 30.9 Å². The van der Waals surface area contributed by atoms with Crippen LogP contribution in [0, 0.1) is 17.6 Å². The maximum absolute atomic E-state index is 13.4. The van der Waals surface area contributed by atoms with E-state index in [0.717, 1.165) is 12.1 Å². The Morgan fingerprint density at radius 1 is 1.48 bits per heavy atom. The average molecular weight is 346 g/mol. The maximum Gasteiger partial charge on any atom is 0.317 e. The van der Waals surface area contributed by atoms with Crippen LogP contribution in [0.4, 0.5) is 13.6 Å². The molecular weight excluding hydrogens is 326 g/mol. The number of amides is 2. The van der Waals surface area contributed by atoms with Gasteiger partial charge in [-0.15, -0.1) is 0 Å². The third kappa shape index (κ3) is 5.46. The molecule has 1 aliphatic heterocycles. The maximum atomic E-state index is 13.4. The Balaban J connectivity index is 1.75. The predicted octanol–water partition coefficient (Wildman–Crippen LogP) is 1.75. The van der Waals surface area contributed by atoms with Crippen LogP contribution >= 0.6 is 0 Å². The molecule has 128 valence electrons. The summed E-state index contributed by atoms with van der Waals surface area (Å²) in [5.74, 6) is -0.227. The van der Waals surface area contributed by atoms with E-state index >= 15 is 0 Å². The largest absolute Gasteiger partial charge is 0.489 e. The van der Waals surface area contributed by atoms with Crippen LogP contribution in [0.3, 0.4) is 0 Å². The summed E-state index contributed by atoms with van der Waals surface area (Å²) in [7, 11) is -0.880. The molecule has 1 saturated heterocycles. The first-order valence-electron chi connectivity index (χ1n) is 7.41. The van der Waals surface area contributed by atoms with Crippen molar-refractivity contribution in [2.24, 2.45) is 5.92 Å². The number of rotatable bonds is 4. The highest BCUT2D eigenvalue weighted by atomic mass is 32.2. The van der Waals surface area contributed by atoms with Crippen molar-refractivity contribution in [2.45, 2.75) is 6.92 Å². The van der Waals surface area contributed by atoms with Gasteiger partial charge in [-0.3, -0.25) is 4.21 Å². The van der Waals surface area contributed by atoms with E-state index in [1.807, 2.05) is 6.92 Å². The summed E-state index contributed by atoms with van der Waals surface area (Å²) >= 11 is 0. The topological polar surface area (TPSA) is 58.6 Å². The highest BCUT2D eigenvalue weighted by Crippen LogP contribution is 2.17. The lowest BCUT2D eigenvalue weighted by atomic mass is 10.2. The van der Waals surface area contributed by atoms with E-state index in [2.05, 4.69) is 5.32 Å². The fraction of sp³-hybridized carbons (Fsp3) is 0.533. The Kier molecular flexibility index (Phi) is 6.32. The van der Waals surface area contributed by atoms with Gasteiger partial charge < -0.3 is 15.0 Å². The molecule has 2 atom stereocenters. The molecule has 1 fully saturated rings. The summed E-state index contributed by atoms with van der Waals surface area (Å²) in [6, 6.07) is 2.81. The van der Waals surface area contributed by atoms with Crippen LogP contribution in [0.15, 0.2) is 18.2 Å². The number of hydrogen-bond donors (Lipinski definition) is 1. The molecule has 0 saturated carbocycles. The number of halogens is 2. The molecule has 5 nitrogen and oxygen atoms in total. The van der Waals surface area contributed by atoms with Gasteiger partial charge >= 0.3 is 6.03 Å². The van der Waals surface area contributed by atoms with E-state index < -0.39 is 22.4 Å². The van der Waals surface area contributed by atoms with Crippen molar-refractivity contribution in [1.82, 2.24) is 10.2 Å². The molecule has 1 aromatic rings. The van der Waals surface area contributed by atoms with Gasteiger partial charge in [-0.05, 0) is 18.1 Å². The zero-order valence-corrected chi connectivity index (χ0v) is 13.7. The van der Waals surface area contributed by atoms with Crippen LogP contribution in [-0.4, -0.2) is 52.9 Å². The predicted molar refractivity (Wildman–Crippen MR) is 83.9 cm³/mol. The zero-order chi connectivity index (χ0) is 16.8. The van der Waals surface area contributed by atoms with Crippen LogP contribution in [0.2, 0.25) is 0 Å². The monoisotopic (exact) mass is 346 g/mol. The number of ether oxygens (including phenoxy) is 1. The number of urea groups is 1. The van der Waals surface area contributed by atoms with Crippen molar-refractivity contribution in [2.75, 3.05) is 37.7 Å². The lowest BCUT2D eigenvalue weighted by Gasteiger charge is -2.22. The Bertz CT molecular complexity index is 586. The number of benzene rings is 1. The van der Waals surface area contributed by atoms with Crippen LogP contribution in [0.1, 0.15) is 6.92 Å². The van der Waals surface area contributed by atoms with E-state index in [9.17, 15) is 17.8 Å². The standard InChI is InChI=1S/C15H20F2N2O3S/c1-11-9-19(5-7-23(21)10-11)15(20)18-4-6-22-14-3-2-12(16)8-13(14)17/h2-3,8,11H,4-7,9-10H2,1H3,(H,18,20)/t11-,23+/m0/s1. The van der Waals surface area contributed by atoms with Crippen LogP contribution in [0.5, 0.6) is 5.75 Å². The van der Waals surface area contributed by atoms with Gasteiger partial charge in [-0.25, -0.2) is 13.6 Å². The Hall–Kier alpha value is -1.70. The molecule has 23 heavy (non-hydrogen) atoms. The Labute approximate surface area is 136 Å². The summed E-state index contributed by atoms with van der Waals surface area (Å²) in [5.41, 5.74) is 0. The molecule has 1 N–H and O–H groups in total. The zero-order valence-electron chi connectivity index (χ0n) is 12.9. The normalized spacial score (nSPS) is 21.6. The molecule has 2 rings (SSSR count). The van der Waals surface area contributed by atoms with Crippen molar-refractivity contribution in [1.29, 1.82) is 0 Å². The quantitative estimate of drug-likeness (QED) is 0.845. The minimum absolute atomic E-state index is 0.0561. The van der Waals surface area contributed by atoms with E-state index in [0.29, 0.717) is 24.6 Å². The molecule has 0 unspecified atom stereocenters. The number of carbonyl (C=O) groups is 1. The number of carbonyl (C=O) groups excluding carboxylic acids is 1. The smallest absolute Gasteiger partial charge is 0.317 e. The molecule has 2 amide bonds. The van der Waals surface area contributed by atoms with Crippen LogP contribution in [-0.2, 0) is 10.8 Å². The third-order valence-electron chi connectivity index (χ3n) is 3.41. The molecule has 0 aliphatic carbocycles. The lowest BCUT2D eigenvalue weighted by Crippen LogP contribution is -2.43. The van der Waals surface area contributed by atoms with Crippen molar-refractivity contribution in [3.05, 3.63) is 29.8 Å². The molecule has 1 heterocycles. The lowest BCUT2D eigenvalue weighted by molar-refractivity contribution is 0.192. The van der Waals surface area contributed by atoms with Crippen molar-refractivity contribution >= 4 is 16.8 Å². The van der Waals surface area contributed by atoms with E-state index in [4.69, 9.17) is 4.74 Å². The fourth-order valence-corrected chi connectivity index (χ4v) is 3.67. The average Bonchev–Trinajstić information content (AvgIpc) is 2.65. The highest BCUT2D eigenvalue weighted by molar-refractivity contribution is 7.85. The van der Waals surface area contributed by atoms with E-state index in [1.54, 1.807) is 4.90 Å². The summed E-state index contributed by atoms with van der Waals surface area (Å²) < 4.78 is 42.9. The Morgan fingerprint density at radius 3 is 3.00 bits per heavy atom. The highest BCUT2D eigenvalue weighted by Gasteiger charge is 2.22. The second-order valence-electron chi connectivity index (χ2n) is 5.52. The molecule has 1 aromatic carbocycles. The van der Waals surface area contributed by atoms with Crippen molar-refractivity contribution in [3.8, 4) is 5.75 Å². The number of hydrogen-bond acceptors (Lipinski definition) is 3. The SMILES string of the molecule is C[C@H]1CN(C(=O)NCCOc2ccc(F)cc2F)CC[S@@](=O)C1. The van der Waals surface area contributed by atoms with Gasteiger partial charge in [0.2, 0.25) is 0 Å². The first kappa shape index (κ1) is 17.7. The van der Waals surface area contributed by atoms with Gasteiger partial charge in [0.15, 0.2) is 11.6 Å². The van der Waals surface area contributed by atoms with Gasteiger partial charge in [0, 0.05) is 41.5 Å². The third-order valence-corrected chi connectivity index (χ3v) is 4.99. The molecule has 1 aliphatic rings. The van der Waals surface area contributed by atoms with Crippen LogP contribution in [0.25, 0.3) is 0 Å². The van der Waals surface area contributed by atoms with Crippen LogP contribution < -0.4 is 10.1 Å². The van der Waals surface area contributed by atoms with Gasteiger partial charge in [0.1, 0.15) is 12.4 Å². The second-order valence-corrected chi connectivity index (χ2v) is 7.14. The molecule has 8 heteroatoms. The van der Waals surface area contributed by atoms with E-state index in [1.165, 1.54) is 6.07 Å². The summed E-state index contributed by atoms with van der Waals surface area (Å²) in [6.07, 6.45) is 0. The first-order valence-corrected chi connectivity index (χ1v) is 8.90. The van der Waals surface area contributed by atoms with Gasteiger partial charge in [-0.2, -0.15) is 0 Å². The molecule has 0 bridgehead atoms. The van der Waals surface area contributed by atoms with Gasteiger partial charge in [-0.1, -0.05) is 6.92 Å². The fourth-order valence-electron chi connectivity index (χ4n) is 2.34. The number of nitrogens with one attached hydrogen (secondary N) is 1. The second kappa shape index (κ2) is 8.24. The summed E-state index contributed by atoms with van der Waals surface area (Å²) in [6.45, 7) is 3.25. The molecule has 0 spiro atoms. The molecule has 0 radical (unpaired) electrons. The van der Waals surface area contributed by atoms with Crippen molar-refractivity contribution < 1.29 is 22.5 Å². The Morgan fingerprint density at radius 2 is 2.26 bits per heavy atom. The van der Waals surface area contributed by atoms with Crippen molar-refractivity contribution in [3.63, 3.8) is 0 Å². The molecule has 0 aromatic heterocycles. The molecular formula is C15H20F2N2O3S.